The summed E-state index contributed by atoms with van der Waals surface area (Å²) in [6.07, 6.45) is 3.24. The van der Waals surface area contributed by atoms with Crippen molar-refractivity contribution in [3.8, 4) is 12.3 Å². The largest absolute Gasteiger partial charge is 0.388 e. The Kier molecular flexibility index (Phi) is 6.50. The van der Waals surface area contributed by atoms with Crippen LogP contribution < -0.4 is 10.6 Å². The molecule has 4 atom stereocenters. The summed E-state index contributed by atoms with van der Waals surface area (Å²) >= 11 is 0. The SMILES string of the molecule is C#CCNC(=O)CC1OC(CNCc2ccccn2)C(O)C1O. The minimum Gasteiger partial charge on any atom is -0.388 e. The number of aromatic nitrogens is 1. The summed E-state index contributed by atoms with van der Waals surface area (Å²) in [7, 11) is 0. The van der Waals surface area contributed by atoms with Crippen molar-refractivity contribution in [2.45, 2.75) is 37.4 Å². The monoisotopic (exact) mass is 319 g/mol. The maximum Gasteiger partial charge on any atom is 0.223 e. The van der Waals surface area contributed by atoms with Crippen LogP contribution in [0.5, 0.6) is 0 Å². The number of carbonyl (C=O) groups excluding carboxylic acids is 1. The predicted molar refractivity (Wildman–Crippen MR) is 83.1 cm³/mol. The Morgan fingerprint density at radius 1 is 1.35 bits per heavy atom. The number of rotatable bonds is 7. The maximum atomic E-state index is 11.6. The van der Waals surface area contributed by atoms with Gasteiger partial charge in [-0.3, -0.25) is 9.78 Å². The number of hydrogen-bond donors (Lipinski definition) is 4. The molecule has 23 heavy (non-hydrogen) atoms. The van der Waals surface area contributed by atoms with Gasteiger partial charge in [0.2, 0.25) is 5.91 Å². The van der Waals surface area contributed by atoms with E-state index >= 15 is 0 Å². The van der Waals surface area contributed by atoms with Crippen molar-refractivity contribution in [2.75, 3.05) is 13.1 Å². The molecule has 1 aliphatic heterocycles. The van der Waals surface area contributed by atoms with Crippen LogP contribution in [0.15, 0.2) is 24.4 Å². The lowest BCUT2D eigenvalue weighted by Crippen LogP contribution is -2.38. The van der Waals surface area contributed by atoms with Gasteiger partial charge in [0.15, 0.2) is 0 Å². The molecule has 0 spiro atoms. The van der Waals surface area contributed by atoms with Gasteiger partial charge >= 0.3 is 0 Å². The number of carbonyl (C=O) groups is 1. The zero-order chi connectivity index (χ0) is 16.7. The van der Waals surface area contributed by atoms with E-state index in [1.165, 1.54) is 0 Å². The summed E-state index contributed by atoms with van der Waals surface area (Å²) in [4.78, 5) is 15.8. The lowest BCUT2D eigenvalue weighted by Gasteiger charge is -2.15. The minimum atomic E-state index is -1.10. The minimum absolute atomic E-state index is 0.0450. The van der Waals surface area contributed by atoms with Crippen molar-refractivity contribution in [2.24, 2.45) is 0 Å². The second kappa shape index (κ2) is 8.60. The van der Waals surface area contributed by atoms with Gasteiger partial charge < -0.3 is 25.6 Å². The summed E-state index contributed by atoms with van der Waals surface area (Å²) in [5.41, 5.74) is 0.866. The Labute approximate surface area is 135 Å². The molecular weight excluding hydrogens is 298 g/mol. The summed E-state index contributed by atoms with van der Waals surface area (Å²) in [5, 5.41) is 25.6. The van der Waals surface area contributed by atoms with E-state index in [1.807, 2.05) is 18.2 Å². The summed E-state index contributed by atoms with van der Waals surface area (Å²) < 4.78 is 5.58. The van der Waals surface area contributed by atoms with Gasteiger partial charge in [0.05, 0.1) is 30.9 Å². The lowest BCUT2D eigenvalue weighted by molar-refractivity contribution is -0.124. The van der Waals surface area contributed by atoms with E-state index in [1.54, 1.807) is 6.20 Å². The highest BCUT2D eigenvalue weighted by Crippen LogP contribution is 2.23. The van der Waals surface area contributed by atoms with Crippen LogP contribution in [-0.2, 0) is 16.1 Å². The number of nitrogens with one attached hydrogen (secondary N) is 2. The molecule has 1 fully saturated rings. The number of aliphatic hydroxyl groups is 2. The van der Waals surface area contributed by atoms with Crippen LogP contribution in [0.3, 0.4) is 0 Å². The Bertz CT molecular complexity index is 546. The summed E-state index contributed by atoms with van der Waals surface area (Å²) in [6, 6.07) is 5.60. The molecule has 0 aliphatic carbocycles. The van der Waals surface area contributed by atoms with Crippen molar-refractivity contribution in [3.63, 3.8) is 0 Å². The van der Waals surface area contributed by atoms with Crippen molar-refractivity contribution >= 4 is 5.91 Å². The van der Waals surface area contributed by atoms with Gasteiger partial charge in [-0.15, -0.1) is 6.42 Å². The molecule has 4 unspecified atom stereocenters. The molecule has 1 aliphatic rings. The van der Waals surface area contributed by atoms with Crippen LogP contribution in [0, 0.1) is 12.3 Å². The first-order valence-corrected chi connectivity index (χ1v) is 7.44. The van der Waals surface area contributed by atoms with Gasteiger partial charge in [0, 0.05) is 19.3 Å². The number of aliphatic hydroxyl groups excluding tert-OH is 2. The number of ether oxygens (including phenoxy) is 1. The molecule has 0 bridgehead atoms. The molecule has 7 nitrogen and oxygen atoms in total. The summed E-state index contributed by atoms with van der Waals surface area (Å²) in [5.74, 6) is 1.98. The zero-order valence-electron chi connectivity index (χ0n) is 12.7. The van der Waals surface area contributed by atoms with Gasteiger partial charge in [-0.05, 0) is 12.1 Å². The number of nitrogens with zero attached hydrogens (tertiary/aromatic N) is 1. The lowest BCUT2D eigenvalue weighted by atomic mass is 10.1. The van der Waals surface area contributed by atoms with Crippen LogP contribution in [-0.4, -0.2) is 58.6 Å². The van der Waals surface area contributed by atoms with Crippen LogP contribution in [0.4, 0.5) is 0 Å². The van der Waals surface area contributed by atoms with Gasteiger partial charge in [0.25, 0.3) is 0 Å². The van der Waals surface area contributed by atoms with Gasteiger partial charge in [0.1, 0.15) is 12.2 Å². The van der Waals surface area contributed by atoms with E-state index in [-0.39, 0.29) is 18.9 Å². The average molecular weight is 319 g/mol. The zero-order valence-corrected chi connectivity index (χ0v) is 12.7. The van der Waals surface area contributed by atoms with Gasteiger partial charge in [-0.1, -0.05) is 12.0 Å². The molecular formula is C16H21N3O4. The highest BCUT2D eigenvalue weighted by Gasteiger charge is 2.42. The number of amides is 1. The second-order valence-electron chi connectivity index (χ2n) is 5.33. The Balaban J connectivity index is 1.77. The highest BCUT2D eigenvalue weighted by molar-refractivity contribution is 5.76. The van der Waals surface area contributed by atoms with E-state index in [4.69, 9.17) is 11.2 Å². The molecule has 1 aromatic rings. The second-order valence-corrected chi connectivity index (χ2v) is 5.33. The van der Waals surface area contributed by atoms with E-state index in [2.05, 4.69) is 21.5 Å². The summed E-state index contributed by atoms with van der Waals surface area (Å²) in [6.45, 7) is 0.993. The van der Waals surface area contributed by atoms with Crippen molar-refractivity contribution < 1.29 is 19.7 Å². The molecule has 0 saturated carbocycles. The topological polar surface area (TPSA) is 104 Å². The molecule has 124 valence electrons. The number of terminal acetylenes is 1. The number of pyridine rings is 1. The standard InChI is InChI=1S/C16H21N3O4/c1-2-6-19-14(20)8-12-15(21)16(22)13(23-12)10-17-9-11-5-3-4-7-18-11/h1,3-5,7,12-13,15-17,21-22H,6,8-10H2,(H,19,20). The van der Waals surface area contributed by atoms with Crippen LogP contribution in [0.2, 0.25) is 0 Å². The third-order valence-electron chi connectivity index (χ3n) is 3.61. The molecule has 1 amide bonds. The van der Waals surface area contributed by atoms with Crippen LogP contribution in [0.25, 0.3) is 0 Å². The fraction of sp³-hybridized carbons (Fsp3) is 0.500. The van der Waals surface area contributed by atoms with E-state index < -0.39 is 24.4 Å². The Morgan fingerprint density at radius 2 is 2.13 bits per heavy atom. The van der Waals surface area contributed by atoms with Crippen LogP contribution >= 0.6 is 0 Å². The first kappa shape index (κ1) is 17.4. The smallest absolute Gasteiger partial charge is 0.223 e. The first-order chi connectivity index (χ1) is 11.1. The number of hydrogen-bond acceptors (Lipinski definition) is 6. The fourth-order valence-electron chi connectivity index (χ4n) is 2.41. The first-order valence-electron chi connectivity index (χ1n) is 7.44. The highest BCUT2D eigenvalue weighted by atomic mass is 16.5. The maximum absolute atomic E-state index is 11.6. The average Bonchev–Trinajstić information content (AvgIpc) is 2.82. The van der Waals surface area contributed by atoms with Gasteiger partial charge in [-0.2, -0.15) is 0 Å². The third kappa shape index (κ3) is 5.01. The molecule has 1 saturated heterocycles. The van der Waals surface area contributed by atoms with Gasteiger partial charge in [-0.25, -0.2) is 0 Å². The molecule has 4 N–H and O–H groups in total. The normalized spacial score (nSPS) is 26.7. The molecule has 7 heteroatoms. The molecule has 2 rings (SSSR count). The Hall–Kier alpha value is -1.98. The van der Waals surface area contributed by atoms with E-state index in [0.717, 1.165) is 5.69 Å². The Morgan fingerprint density at radius 3 is 2.83 bits per heavy atom. The van der Waals surface area contributed by atoms with Crippen molar-refractivity contribution in [3.05, 3.63) is 30.1 Å². The molecule has 1 aromatic heterocycles. The van der Waals surface area contributed by atoms with Crippen LogP contribution in [0.1, 0.15) is 12.1 Å². The quantitative estimate of drug-likeness (QED) is 0.471. The van der Waals surface area contributed by atoms with E-state index in [9.17, 15) is 15.0 Å². The molecule has 2 heterocycles. The fourth-order valence-corrected chi connectivity index (χ4v) is 2.41. The molecule has 0 radical (unpaired) electrons. The van der Waals surface area contributed by atoms with E-state index in [0.29, 0.717) is 13.1 Å². The third-order valence-corrected chi connectivity index (χ3v) is 3.61. The predicted octanol–water partition coefficient (Wildman–Crippen LogP) is -1.20. The van der Waals surface area contributed by atoms with Crippen molar-refractivity contribution in [1.82, 2.24) is 15.6 Å². The molecule has 0 aromatic carbocycles. The van der Waals surface area contributed by atoms with Crippen molar-refractivity contribution in [1.29, 1.82) is 0 Å².